The summed E-state index contributed by atoms with van der Waals surface area (Å²) in [4.78, 5) is 2.61. The zero-order chi connectivity index (χ0) is 22.9. The predicted molar refractivity (Wildman–Crippen MR) is 126 cm³/mol. The molecule has 0 fully saturated rings. The van der Waals surface area contributed by atoms with Crippen LogP contribution in [-0.4, -0.2) is 58.0 Å². The first-order valence-electron chi connectivity index (χ1n) is 11.2. The van der Waals surface area contributed by atoms with Gasteiger partial charge in [-0.15, -0.1) is 0 Å². The number of hydrogen-bond acceptors (Lipinski definition) is 5. The molecule has 0 saturated heterocycles. The average molecular weight is 479 g/mol. The number of ether oxygens (including phenoxy) is 2. The molecule has 4 rings (SSSR count). The van der Waals surface area contributed by atoms with Gasteiger partial charge in [-0.05, 0) is 42.4 Å². The zero-order valence-corrected chi connectivity index (χ0v) is 20.5. The third-order valence-corrected chi connectivity index (χ3v) is 8.97. The molecule has 1 aliphatic heterocycles. The van der Waals surface area contributed by atoms with Gasteiger partial charge in [0.2, 0.25) is 10.0 Å². The summed E-state index contributed by atoms with van der Waals surface area (Å²) in [7, 11) is -0.845. The molecular formula is C24H31ClN2O4S. The molecule has 2 aliphatic rings. The second kappa shape index (κ2) is 9.59. The molecule has 1 heterocycles. The molecule has 0 aromatic heterocycles. The van der Waals surface area contributed by atoms with Gasteiger partial charge in [0, 0.05) is 44.4 Å². The standard InChI is InChI=1S/C24H31ClN2O4S/c1-4-27(32(28,29)23-16-21(30-2)19(25)15-22(23)31-3)13-6-12-26-14-11-18-8-5-7-17-9-10-20(26)24(17)18/h5,7-8,15-16,20H,4,6,9-14H2,1-3H3. The van der Waals surface area contributed by atoms with Gasteiger partial charge >= 0.3 is 0 Å². The van der Waals surface area contributed by atoms with E-state index in [0.717, 1.165) is 38.8 Å². The molecule has 0 amide bonds. The van der Waals surface area contributed by atoms with E-state index in [1.807, 2.05) is 6.92 Å². The van der Waals surface area contributed by atoms with Crippen molar-refractivity contribution in [2.45, 2.75) is 43.5 Å². The van der Waals surface area contributed by atoms with E-state index in [1.54, 1.807) is 0 Å². The van der Waals surface area contributed by atoms with Crippen LogP contribution in [0.3, 0.4) is 0 Å². The van der Waals surface area contributed by atoms with Crippen LogP contribution in [0.5, 0.6) is 11.5 Å². The van der Waals surface area contributed by atoms with Crippen molar-refractivity contribution in [3.8, 4) is 11.5 Å². The van der Waals surface area contributed by atoms with Crippen LogP contribution in [0.2, 0.25) is 5.02 Å². The molecule has 2 aromatic carbocycles. The van der Waals surface area contributed by atoms with E-state index in [2.05, 4.69) is 23.1 Å². The number of methoxy groups -OCH3 is 2. The quantitative estimate of drug-likeness (QED) is 0.537. The molecule has 0 N–H and O–H groups in total. The Balaban J connectivity index is 1.47. The van der Waals surface area contributed by atoms with Crippen molar-refractivity contribution < 1.29 is 17.9 Å². The van der Waals surface area contributed by atoms with Gasteiger partial charge in [-0.2, -0.15) is 4.31 Å². The lowest BCUT2D eigenvalue weighted by molar-refractivity contribution is 0.179. The van der Waals surface area contributed by atoms with Gasteiger partial charge < -0.3 is 9.47 Å². The molecule has 2 aromatic rings. The van der Waals surface area contributed by atoms with Gasteiger partial charge in [0.05, 0.1) is 19.2 Å². The summed E-state index contributed by atoms with van der Waals surface area (Å²) in [5, 5.41) is 0.313. The minimum atomic E-state index is -3.75. The van der Waals surface area contributed by atoms with Gasteiger partial charge in [0.1, 0.15) is 16.4 Å². The van der Waals surface area contributed by atoms with E-state index in [-0.39, 0.29) is 10.6 Å². The number of benzene rings is 2. The summed E-state index contributed by atoms with van der Waals surface area (Å²) < 4.78 is 38.9. The summed E-state index contributed by atoms with van der Waals surface area (Å²) in [6.45, 7) is 4.60. The molecule has 1 aliphatic carbocycles. The van der Waals surface area contributed by atoms with Crippen LogP contribution in [-0.2, 0) is 22.9 Å². The van der Waals surface area contributed by atoms with Crippen LogP contribution in [0.25, 0.3) is 0 Å². The maximum absolute atomic E-state index is 13.4. The molecule has 0 spiro atoms. The van der Waals surface area contributed by atoms with E-state index in [1.165, 1.54) is 47.3 Å². The molecular weight excluding hydrogens is 448 g/mol. The summed E-state index contributed by atoms with van der Waals surface area (Å²) in [6.07, 6.45) is 4.13. The minimum Gasteiger partial charge on any atom is -0.495 e. The monoisotopic (exact) mass is 478 g/mol. The molecule has 1 atom stereocenters. The molecule has 8 heteroatoms. The summed E-state index contributed by atoms with van der Waals surface area (Å²) in [5.74, 6) is 0.534. The Labute approximate surface area is 196 Å². The highest BCUT2D eigenvalue weighted by Crippen LogP contribution is 2.41. The van der Waals surface area contributed by atoms with Gasteiger partial charge in [-0.3, -0.25) is 4.90 Å². The van der Waals surface area contributed by atoms with Crippen LogP contribution >= 0.6 is 11.6 Å². The van der Waals surface area contributed by atoms with Crippen molar-refractivity contribution in [3.05, 3.63) is 52.0 Å². The van der Waals surface area contributed by atoms with Gasteiger partial charge in [-0.1, -0.05) is 36.7 Å². The Morgan fingerprint density at radius 1 is 1.12 bits per heavy atom. The van der Waals surface area contributed by atoms with E-state index in [4.69, 9.17) is 21.1 Å². The number of halogens is 1. The minimum absolute atomic E-state index is 0.0791. The highest BCUT2D eigenvalue weighted by atomic mass is 35.5. The Morgan fingerprint density at radius 3 is 2.53 bits per heavy atom. The Morgan fingerprint density at radius 2 is 1.84 bits per heavy atom. The van der Waals surface area contributed by atoms with Crippen molar-refractivity contribution in [3.63, 3.8) is 0 Å². The van der Waals surface area contributed by atoms with E-state index >= 15 is 0 Å². The first-order chi connectivity index (χ1) is 15.4. The zero-order valence-electron chi connectivity index (χ0n) is 18.9. The normalized spacial score (nSPS) is 18.1. The Bertz CT molecular complexity index is 1090. The van der Waals surface area contributed by atoms with Gasteiger partial charge in [0.15, 0.2) is 0 Å². The SMILES string of the molecule is CCN(CCCN1CCc2cccc3c2C1CC3)S(=O)(=O)c1cc(OC)c(Cl)cc1OC. The molecule has 0 bridgehead atoms. The predicted octanol–water partition coefficient (Wildman–Crippen LogP) is 4.30. The van der Waals surface area contributed by atoms with Crippen LogP contribution in [0.1, 0.15) is 42.5 Å². The first-order valence-corrected chi connectivity index (χ1v) is 13.0. The lowest BCUT2D eigenvalue weighted by atomic mass is 9.93. The molecule has 1 unspecified atom stereocenters. The molecule has 32 heavy (non-hydrogen) atoms. The highest BCUT2D eigenvalue weighted by molar-refractivity contribution is 7.89. The lowest BCUT2D eigenvalue weighted by Gasteiger charge is -2.35. The van der Waals surface area contributed by atoms with Crippen molar-refractivity contribution >= 4 is 21.6 Å². The van der Waals surface area contributed by atoms with Gasteiger partial charge in [-0.25, -0.2) is 8.42 Å². The second-order valence-corrected chi connectivity index (χ2v) is 10.6. The Hall–Kier alpha value is -1.80. The smallest absolute Gasteiger partial charge is 0.246 e. The fourth-order valence-corrected chi connectivity index (χ4v) is 6.96. The van der Waals surface area contributed by atoms with Crippen LogP contribution in [0, 0.1) is 0 Å². The number of sulfonamides is 1. The number of rotatable bonds is 9. The van der Waals surface area contributed by atoms with E-state index in [0.29, 0.717) is 29.9 Å². The molecule has 174 valence electrons. The van der Waals surface area contributed by atoms with Crippen molar-refractivity contribution in [1.29, 1.82) is 0 Å². The lowest BCUT2D eigenvalue weighted by Crippen LogP contribution is -2.38. The van der Waals surface area contributed by atoms with Crippen LogP contribution < -0.4 is 9.47 Å². The number of nitrogens with zero attached hydrogens (tertiary/aromatic N) is 2. The third kappa shape index (κ3) is 4.23. The topological polar surface area (TPSA) is 59.1 Å². The first kappa shape index (κ1) is 23.4. The van der Waals surface area contributed by atoms with Gasteiger partial charge in [0.25, 0.3) is 0 Å². The fourth-order valence-electron chi connectivity index (χ4n) is 5.09. The summed E-state index contributed by atoms with van der Waals surface area (Å²) in [6, 6.07) is 10.1. The van der Waals surface area contributed by atoms with Crippen LogP contribution in [0.4, 0.5) is 0 Å². The third-order valence-electron chi connectivity index (χ3n) is 6.68. The molecule has 6 nitrogen and oxygen atoms in total. The fraction of sp³-hybridized carbons (Fsp3) is 0.500. The summed E-state index contributed by atoms with van der Waals surface area (Å²) >= 11 is 6.16. The summed E-state index contributed by atoms with van der Waals surface area (Å²) in [5.41, 5.74) is 4.50. The van der Waals surface area contributed by atoms with Crippen LogP contribution in [0.15, 0.2) is 35.2 Å². The maximum Gasteiger partial charge on any atom is 0.246 e. The van der Waals surface area contributed by atoms with E-state index < -0.39 is 10.0 Å². The number of aryl methyl sites for hydroxylation is 1. The van der Waals surface area contributed by atoms with Crippen molar-refractivity contribution in [1.82, 2.24) is 9.21 Å². The van der Waals surface area contributed by atoms with Crippen molar-refractivity contribution in [2.24, 2.45) is 0 Å². The largest absolute Gasteiger partial charge is 0.495 e. The number of hydrogen-bond donors (Lipinski definition) is 0. The maximum atomic E-state index is 13.4. The Kier molecular flexibility index (Phi) is 7.00. The average Bonchev–Trinajstić information content (AvgIpc) is 3.23. The second-order valence-electron chi connectivity index (χ2n) is 8.32. The van der Waals surface area contributed by atoms with E-state index in [9.17, 15) is 8.42 Å². The van der Waals surface area contributed by atoms with Crippen molar-refractivity contribution in [2.75, 3.05) is 40.4 Å². The molecule has 0 saturated carbocycles. The highest BCUT2D eigenvalue weighted by Gasteiger charge is 2.33. The molecule has 0 radical (unpaired) electrons.